The van der Waals surface area contributed by atoms with Crippen molar-refractivity contribution in [2.75, 3.05) is 26.2 Å². The van der Waals surface area contributed by atoms with Gasteiger partial charge in [0.25, 0.3) is 5.56 Å². The third-order valence-corrected chi connectivity index (χ3v) is 5.00. The van der Waals surface area contributed by atoms with Crippen molar-refractivity contribution >= 4 is 21.6 Å². The lowest BCUT2D eigenvalue weighted by Crippen LogP contribution is -2.28. The Balaban J connectivity index is 2.12. The molecule has 0 saturated heterocycles. The average Bonchev–Trinajstić information content (AvgIpc) is 2.84. The van der Waals surface area contributed by atoms with Crippen LogP contribution in [0.15, 0.2) is 23.0 Å². The van der Waals surface area contributed by atoms with Crippen molar-refractivity contribution in [3.8, 4) is 5.75 Å². The summed E-state index contributed by atoms with van der Waals surface area (Å²) >= 11 is 1.54. The Labute approximate surface area is 136 Å². The van der Waals surface area contributed by atoms with Crippen molar-refractivity contribution in [2.24, 2.45) is 0 Å². The number of unbranched alkanes of at least 4 members (excludes halogenated alkanes) is 1. The van der Waals surface area contributed by atoms with Gasteiger partial charge in [-0.25, -0.2) is 0 Å². The Kier molecular flexibility index (Phi) is 6.46. The van der Waals surface area contributed by atoms with Crippen molar-refractivity contribution in [3.05, 3.63) is 28.6 Å². The van der Waals surface area contributed by atoms with Gasteiger partial charge in [-0.05, 0) is 37.7 Å². The minimum atomic E-state index is 0.118. The van der Waals surface area contributed by atoms with Crippen LogP contribution in [0.25, 0.3) is 10.1 Å². The van der Waals surface area contributed by atoms with Crippen LogP contribution in [0.4, 0.5) is 0 Å². The Morgan fingerprint density at radius 2 is 2.00 bits per heavy atom. The zero-order valence-electron chi connectivity index (χ0n) is 13.8. The quantitative estimate of drug-likeness (QED) is 0.662. The van der Waals surface area contributed by atoms with Crippen LogP contribution in [0.1, 0.15) is 33.6 Å². The van der Waals surface area contributed by atoms with Crippen LogP contribution in [0, 0.1) is 0 Å². The molecule has 0 saturated carbocycles. The van der Waals surface area contributed by atoms with Gasteiger partial charge in [0.15, 0.2) is 0 Å². The zero-order valence-corrected chi connectivity index (χ0v) is 14.6. The molecule has 0 radical (unpaired) electrons. The van der Waals surface area contributed by atoms with E-state index in [0.29, 0.717) is 0 Å². The second-order valence-electron chi connectivity index (χ2n) is 5.39. The Hall–Kier alpha value is -1.33. The number of likely N-dealkylation sites (N-methyl/N-ethyl adjacent to an activating group) is 1. The van der Waals surface area contributed by atoms with Crippen molar-refractivity contribution < 1.29 is 4.74 Å². The van der Waals surface area contributed by atoms with Crippen LogP contribution in [0.3, 0.4) is 0 Å². The third kappa shape index (κ3) is 4.11. The molecule has 0 aliphatic rings. The van der Waals surface area contributed by atoms with Gasteiger partial charge in [0.2, 0.25) is 0 Å². The van der Waals surface area contributed by atoms with E-state index in [1.54, 1.807) is 0 Å². The van der Waals surface area contributed by atoms with Crippen molar-refractivity contribution in [3.63, 3.8) is 0 Å². The number of benzene rings is 1. The summed E-state index contributed by atoms with van der Waals surface area (Å²) in [5.41, 5.74) is 0.118. The Morgan fingerprint density at radius 3 is 2.68 bits per heavy atom. The molecule has 4 nitrogen and oxygen atoms in total. The molecule has 0 aliphatic heterocycles. The van der Waals surface area contributed by atoms with Crippen LogP contribution >= 0.6 is 11.5 Å². The minimum Gasteiger partial charge on any atom is -0.494 e. The summed E-state index contributed by atoms with van der Waals surface area (Å²) in [6.07, 6.45) is 2.18. The van der Waals surface area contributed by atoms with Crippen LogP contribution < -0.4 is 10.3 Å². The molecule has 0 N–H and O–H groups in total. The fourth-order valence-electron chi connectivity index (χ4n) is 2.39. The van der Waals surface area contributed by atoms with E-state index in [1.165, 1.54) is 11.5 Å². The summed E-state index contributed by atoms with van der Waals surface area (Å²) in [6, 6.07) is 5.79. The fraction of sp³-hybridized carbons (Fsp3) is 0.588. The lowest BCUT2D eigenvalue weighted by atomic mass is 10.2. The average molecular weight is 322 g/mol. The van der Waals surface area contributed by atoms with Gasteiger partial charge in [0.1, 0.15) is 5.75 Å². The Bertz CT molecular complexity index is 644. The summed E-state index contributed by atoms with van der Waals surface area (Å²) < 4.78 is 8.60. The molecule has 0 amide bonds. The topological polar surface area (TPSA) is 34.5 Å². The molecular weight excluding hydrogens is 296 g/mol. The fourth-order valence-corrected chi connectivity index (χ4v) is 3.41. The van der Waals surface area contributed by atoms with Crippen LogP contribution in [-0.2, 0) is 6.54 Å². The molecule has 0 fully saturated rings. The van der Waals surface area contributed by atoms with E-state index in [4.69, 9.17) is 4.74 Å². The maximum absolute atomic E-state index is 12.4. The van der Waals surface area contributed by atoms with Gasteiger partial charge in [-0.15, -0.1) is 0 Å². The minimum absolute atomic E-state index is 0.118. The largest absolute Gasteiger partial charge is 0.494 e. The first kappa shape index (κ1) is 17.0. The second kappa shape index (κ2) is 8.34. The van der Waals surface area contributed by atoms with Crippen LogP contribution in [0.5, 0.6) is 5.75 Å². The molecule has 22 heavy (non-hydrogen) atoms. The van der Waals surface area contributed by atoms with Crippen molar-refractivity contribution in [1.29, 1.82) is 0 Å². The molecular formula is C17H26N2O2S. The molecule has 122 valence electrons. The first-order valence-corrected chi connectivity index (χ1v) is 8.95. The van der Waals surface area contributed by atoms with E-state index in [9.17, 15) is 4.79 Å². The molecule has 0 unspecified atom stereocenters. The lowest BCUT2D eigenvalue weighted by molar-refractivity contribution is 0.293. The smallest absolute Gasteiger partial charge is 0.268 e. The van der Waals surface area contributed by atoms with Gasteiger partial charge in [-0.2, -0.15) is 0 Å². The van der Waals surface area contributed by atoms with Gasteiger partial charge in [-0.1, -0.05) is 38.7 Å². The van der Waals surface area contributed by atoms with E-state index in [-0.39, 0.29) is 5.56 Å². The van der Waals surface area contributed by atoms with Gasteiger partial charge in [-0.3, -0.25) is 8.75 Å². The summed E-state index contributed by atoms with van der Waals surface area (Å²) in [4.78, 5) is 14.7. The summed E-state index contributed by atoms with van der Waals surface area (Å²) in [5, 5.41) is 0.799. The summed E-state index contributed by atoms with van der Waals surface area (Å²) in [7, 11) is 0. The first-order chi connectivity index (χ1) is 10.7. The van der Waals surface area contributed by atoms with Gasteiger partial charge < -0.3 is 9.64 Å². The van der Waals surface area contributed by atoms with Crippen molar-refractivity contribution in [2.45, 2.75) is 40.2 Å². The highest BCUT2D eigenvalue weighted by Gasteiger charge is 2.09. The first-order valence-electron chi connectivity index (χ1n) is 8.18. The van der Waals surface area contributed by atoms with Gasteiger partial charge in [0, 0.05) is 13.1 Å². The number of rotatable bonds is 9. The van der Waals surface area contributed by atoms with Gasteiger partial charge in [0.05, 0.1) is 16.7 Å². The molecule has 1 aromatic heterocycles. The highest BCUT2D eigenvalue weighted by molar-refractivity contribution is 7.13. The normalized spacial score (nSPS) is 11.5. The number of hydrogen-bond acceptors (Lipinski definition) is 4. The lowest BCUT2D eigenvalue weighted by Gasteiger charge is -2.17. The summed E-state index contributed by atoms with van der Waals surface area (Å²) in [6.45, 7) is 10.9. The predicted molar refractivity (Wildman–Crippen MR) is 94.3 cm³/mol. The number of ether oxygens (including phenoxy) is 1. The molecule has 2 rings (SSSR count). The molecule has 0 spiro atoms. The number of hydrogen-bond donors (Lipinski definition) is 0. The maximum atomic E-state index is 12.4. The highest BCUT2D eigenvalue weighted by Crippen LogP contribution is 2.23. The molecule has 5 heteroatoms. The standard InChI is InChI=1S/C17H26N2O2S/c1-4-7-12-21-14-8-9-15-16(13-14)22-19(17(15)20)11-10-18(5-2)6-3/h8-9,13H,4-7,10-12H2,1-3H3. The molecule has 1 aromatic carbocycles. The molecule has 2 aromatic rings. The summed E-state index contributed by atoms with van der Waals surface area (Å²) in [5.74, 6) is 0.859. The Morgan fingerprint density at radius 1 is 1.23 bits per heavy atom. The van der Waals surface area contributed by atoms with Crippen LogP contribution in [-0.4, -0.2) is 35.1 Å². The predicted octanol–water partition coefficient (Wildman–Crippen LogP) is 3.58. The van der Waals surface area contributed by atoms with Crippen LogP contribution in [0.2, 0.25) is 0 Å². The monoisotopic (exact) mass is 322 g/mol. The van der Waals surface area contributed by atoms with E-state index in [0.717, 1.165) is 61.5 Å². The SMILES string of the molecule is CCCCOc1ccc2c(=O)n(CCN(CC)CC)sc2c1. The molecule has 1 heterocycles. The van der Waals surface area contributed by atoms with E-state index < -0.39 is 0 Å². The molecule has 0 aliphatic carbocycles. The number of fused-ring (bicyclic) bond motifs is 1. The molecule has 0 bridgehead atoms. The number of aromatic nitrogens is 1. The second-order valence-corrected chi connectivity index (χ2v) is 6.45. The third-order valence-electron chi connectivity index (χ3n) is 3.90. The zero-order chi connectivity index (χ0) is 15.9. The molecule has 0 atom stereocenters. The van der Waals surface area contributed by atoms with E-state index in [1.807, 2.05) is 22.2 Å². The van der Waals surface area contributed by atoms with Crippen molar-refractivity contribution in [1.82, 2.24) is 8.86 Å². The highest BCUT2D eigenvalue weighted by atomic mass is 32.1. The maximum Gasteiger partial charge on any atom is 0.268 e. The van der Waals surface area contributed by atoms with E-state index in [2.05, 4.69) is 25.7 Å². The van der Waals surface area contributed by atoms with Gasteiger partial charge >= 0.3 is 0 Å². The van der Waals surface area contributed by atoms with E-state index >= 15 is 0 Å². The number of nitrogens with zero attached hydrogens (tertiary/aromatic N) is 2.